The summed E-state index contributed by atoms with van der Waals surface area (Å²) in [6.07, 6.45) is 9.93. The summed E-state index contributed by atoms with van der Waals surface area (Å²) in [5.41, 5.74) is 0. The number of ether oxygens (including phenoxy) is 3. The molecule has 2 aliphatic rings. The summed E-state index contributed by atoms with van der Waals surface area (Å²) < 4.78 is 16.7. The Morgan fingerprint density at radius 3 is 1.26 bits per heavy atom. The predicted molar refractivity (Wildman–Crippen MR) is 85.8 cm³/mol. The number of carbonyl (C=O) groups excluding carboxylic acids is 2. The molecule has 23 heavy (non-hydrogen) atoms. The van der Waals surface area contributed by atoms with Crippen LogP contribution in [0.2, 0.25) is 0 Å². The smallest absolute Gasteiger partial charge is 0.330 e. The van der Waals surface area contributed by atoms with Gasteiger partial charge in [0.15, 0.2) is 0 Å². The average Bonchev–Trinajstić information content (AvgIpc) is 2.58. The van der Waals surface area contributed by atoms with Gasteiger partial charge in [-0.2, -0.15) is 0 Å². The zero-order valence-electron chi connectivity index (χ0n) is 13.6. The minimum absolute atomic E-state index is 0.00518. The van der Waals surface area contributed by atoms with E-state index in [2.05, 4.69) is 13.2 Å². The molecule has 0 amide bonds. The molecule has 0 aromatic heterocycles. The Hall–Kier alpha value is -1.62. The lowest BCUT2D eigenvalue weighted by atomic mass is 9.92. The van der Waals surface area contributed by atoms with Crippen molar-refractivity contribution in [1.82, 2.24) is 0 Å². The first-order chi connectivity index (χ1) is 11.1. The molecule has 2 fully saturated rings. The molecule has 2 rings (SSSR count). The van der Waals surface area contributed by atoms with E-state index in [0.717, 1.165) is 51.4 Å². The predicted octanol–water partition coefficient (Wildman–Crippen LogP) is 3.08. The van der Waals surface area contributed by atoms with E-state index in [1.807, 2.05) is 0 Å². The van der Waals surface area contributed by atoms with Crippen molar-refractivity contribution in [2.24, 2.45) is 0 Å². The summed E-state index contributed by atoms with van der Waals surface area (Å²) in [5.74, 6) is -0.691. The second kappa shape index (κ2) is 8.87. The third kappa shape index (κ3) is 5.82. The second-order valence-corrected chi connectivity index (χ2v) is 6.22. The Bertz CT molecular complexity index is 389. The monoisotopic (exact) mass is 322 g/mol. The number of rotatable bonds is 6. The van der Waals surface area contributed by atoms with Crippen molar-refractivity contribution in [3.63, 3.8) is 0 Å². The molecule has 0 saturated heterocycles. The fourth-order valence-electron chi connectivity index (χ4n) is 3.27. The van der Waals surface area contributed by atoms with Crippen LogP contribution in [0.3, 0.4) is 0 Å². The standard InChI is InChI=1S/C18H26O5/c1-3-17(19)22-15-9-5-13(6-10-15)21-14-7-11-16(12-8-14)23-18(20)4-2/h3-4,13-16H,1-2,5-12H2. The lowest BCUT2D eigenvalue weighted by molar-refractivity contribution is -0.148. The summed E-state index contributed by atoms with van der Waals surface area (Å²) in [6, 6.07) is 0. The van der Waals surface area contributed by atoms with E-state index in [0.29, 0.717) is 0 Å². The summed E-state index contributed by atoms with van der Waals surface area (Å²) in [4.78, 5) is 22.4. The first kappa shape index (κ1) is 17.7. The topological polar surface area (TPSA) is 61.8 Å². The van der Waals surface area contributed by atoms with Crippen LogP contribution in [0.25, 0.3) is 0 Å². The normalized spacial score (nSPS) is 31.0. The average molecular weight is 322 g/mol. The van der Waals surface area contributed by atoms with Crippen LogP contribution in [0.4, 0.5) is 0 Å². The highest BCUT2D eigenvalue weighted by Crippen LogP contribution is 2.29. The third-order valence-corrected chi connectivity index (χ3v) is 4.53. The van der Waals surface area contributed by atoms with Gasteiger partial charge in [0.1, 0.15) is 12.2 Å². The van der Waals surface area contributed by atoms with Gasteiger partial charge in [0, 0.05) is 12.2 Å². The van der Waals surface area contributed by atoms with Gasteiger partial charge in [-0.15, -0.1) is 0 Å². The van der Waals surface area contributed by atoms with E-state index < -0.39 is 0 Å². The number of hydrogen-bond donors (Lipinski definition) is 0. The maximum Gasteiger partial charge on any atom is 0.330 e. The zero-order chi connectivity index (χ0) is 16.7. The van der Waals surface area contributed by atoms with Crippen molar-refractivity contribution in [3.8, 4) is 0 Å². The van der Waals surface area contributed by atoms with E-state index in [1.54, 1.807) is 0 Å². The molecule has 0 bridgehead atoms. The minimum Gasteiger partial charge on any atom is -0.459 e. The van der Waals surface area contributed by atoms with Crippen LogP contribution < -0.4 is 0 Å². The van der Waals surface area contributed by atoms with Crippen molar-refractivity contribution >= 4 is 11.9 Å². The minimum atomic E-state index is -0.346. The number of hydrogen-bond acceptors (Lipinski definition) is 5. The van der Waals surface area contributed by atoms with Crippen molar-refractivity contribution in [1.29, 1.82) is 0 Å². The number of esters is 2. The molecule has 0 heterocycles. The molecular weight excluding hydrogens is 296 g/mol. The molecule has 0 aliphatic heterocycles. The van der Waals surface area contributed by atoms with Gasteiger partial charge < -0.3 is 14.2 Å². The largest absolute Gasteiger partial charge is 0.459 e. The van der Waals surface area contributed by atoms with Crippen LogP contribution in [-0.4, -0.2) is 36.4 Å². The summed E-state index contributed by atoms with van der Waals surface area (Å²) in [5, 5.41) is 0. The molecule has 0 radical (unpaired) electrons. The van der Waals surface area contributed by atoms with Gasteiger partial charge in [-0.25, -0.2) is 9.59 Å². The van der Waals surface area contributed by atoms with E-state index in [-0.39, 0.29) is 36.4 Å². The van der Waals surface area contributed by atoms with Gasteiger partial charge in [-0.3, -0.25) is 0 Å². The second-order valence-electron chi connectivity index (χ2n) is 6.22. The van der Waals surface area contributed by atoms with E-state index >= 15 is 0 Å². The molecule has 0 atom stereocenters. The SMILES string of the molecule is C=CC(=O)OC1CCC(OC2CCC(OC(=O)C=C)CC2)CC1. The van der Waals surface area contributed by atoms with Gasteiger partial charge in [0.25, 0.3) is 0 Å². The molecule has 0 aromatic carbocycles. The van der Waals surface area contributed by atoms with Gasteiger partial charge in [-0.05, 0) is 51.4 Å². The summed E-state index contributed by atoms with van der Waals surface area (Å²) in [6.45, 7) is 6.82. The van der Waals surface area contributed by atoms with Gasteiger partial charge >= 0.3 is 11.9 Å². The summed E-state index contributed by atoms with van der Waals surface area (Å²) >= 11 is 0. The number of carbonyl (C=O) groups is 2. The van der Waals surface area contributed by atoms with Gasteiger partial charge in [-0.1, -0.05) is 13.2 Å². The zero-order valence-corrected chi connectivity index (χ0v) is 13.6. The van der Waals surface area contributed by atoms with Crippen molar-refractivity contribution in [3.05, 3.63) is 25.3 Å². The molecule has 2 aliphatic carbocycles. The maximum atomic E-state index is 11.2. The molecule has 5 heteroatoms. The molecule has 0 spiro atoms. The highest BCUT2D eigenvalue weighted by Gasteiger charge is 2.29. The van der Waals surface area contributed by atoms with Gasteiger partial charge in [0.2, 0.25) is 0 Å². The summed E-state index contributed by atoms with van der Waals surface area (Å²) in [7, 11) is 0. The molecule has 0 N–H and O–H groups in total. The van der Waals surface area contributed by atoms with Gasteiger partial charge in [0.05, 0.1) is 12.2 Å². The molecule has 128 valence electrons. The highest BCUT2D eigenvalue weighted by molar-refractivity contribution is 5.81. The molecule has 0 aromatic rings. The molecule has 5 nitrogen and oxygen atoms in total. The van der Waals surface area contributed by atoms with Crippen LogP contribution in [-0.2, 0) is 23.8 Å². The lowest BCUT2D eigenvalue weighted by Crippen LogP contribution is -2.34. The highest BCUT2D eigenvalue weighted by atomic mass is 16.5. The lowest BCUT2D eigenvalue weighted by Gasteiger charge is -2.34. The van der Waals surface area contributed by atoms with Crippen LogP contribution >= 0.6 is 0 Å². The van der Waals surface area contributed by atoms with Crippen molar-refractivity contribution in [2.75, 3.05) is 0 Å². The van der Waals surface area contributed by atoms with Crippen LogP contribution in [0.15, 0.2) is 25.3 Å². The maximum absolute atomic E-state index is 11.2. The Morgan fingerprint density at radius 1 is 0.652 bits per heavy atom. The van der Waals surface area contributed by atoms with Crippen molar-refractivity contribution < 1.29 is 23.8 Å². The molecular formula is C18H26O5. The fourth-order valence-corrected chi connectivity index (χ4v) is 3.27. The van der Waals surface area contributed by atoms with E-state index in [4.69, 9.17) is 14.2 Å². The fraction of sp³-hybridized carbons (Fsp3) is 0.667. The molecule has 2 saturated carbocycles. The van der Waals surface area contributed by atoms with Crippen LogP contribution in [0, 0.1) is 0 Å². The van der Waals surface area contributed by atoms with Crippen LogP contribution in [0.5, 0.6) is 0 Å². The Balaban J connectivity index is 1.64. The first-order valence-corrected chi connectivity index (χ1v) is 8.42. The van der Waals surface area contributed by atoms with Crippen molar-refractivity contribution in [2.45, 2.75) is 75.8 Å². The van der Waals surface area contributed by atoms with E-state index in [1.165, 1.54) is 12.2 Å². The van der Waals surface area contributed by atoms with E-state index in [9.17, 15) is 9.59 Å². The van der Waals surface area contributed by atoms with Crippen LogP contribution in [0.1, 0.15) is 51.4 Å². The molecule has 0 unspecified atom stereocenters. The Labute approximate surface area is 137 Å². The third-order valence-electron chi connectivity index (χ3n) is 4.53. The Morgan fingerprint density at radius 2 is 0.957 bits per heavy atom. The quantitative estimate of drug-likeness (QED) is 0.555. The first-order valence-electron chi connectivity index (χ1n) is 8.42. The Kier molecular flexibility index (Phi) is 6.84.